The van der Waals surface area contributed by atoms with Gasteiger partial charge in [0.1, 0.15) is 5.84 Å². The summed E-state index contributed by atoms with van der Waals surface area (Å²) in [6.07, 6.45) is 26.6. The Hall–Kier alpha value is -0.830. The molecule has 2 N–H and O–H groups in total. The summed E-state index contributed by atoms with van der Waals surface area (Å²) in [5, 5.41) is 12.8. The van der Waals surface area contributed by atoms with E-state index < -0.39 is 0 Å². The molecule has 1 rings (SSSR count). The van der Waals surface area contributed by atoms with Gasteiger partial charge >= 0.3 is 0 Å². The van der Waals surface area contributed by atoms with E-state index in [-0.39, 0.29) is 6.10 Å². The van der Waals surface area contributed by atoms with Crippen LogP contribution < -0.4 is 5.32 Å². The molecule has 1 heterocycles. The van der Waals surface area contributed by atoms with Gasteiger partial charge in [-0.25, -0.2) is 0 Å². The first-order chi connectivity index (χ1) is 13.3. The molecule has 0 saturated heterocycles. The molecule has 0 aromatic carbocycles. The number of rotatable bonds is 19. The molecule has 3 nitrogen and oxygen atoms in total. The number of nitrogens with one attached hydrogen (secondary N) is 1. The Morgan fingerprint density at radius 2 is 1.41 bits per heavy atom. The number of allylic oxidation sites excluding steroid dienone is 1. The maximum absolute atomic E-state index is 9.51. The van der Waals surface area contributed by atoms with Crippen LogP contribution in [0.25, 0.3) is 0 Å². The lowest BCUT2D eigenvalue weighted by Gasteiger charge is -2.06. The molecular weight excluding hydrogens is 332 g/mol. The van der Waals surface area contributed by atoms with E-state index in [0.717, 1.165) is 38.2 Å². The van der Waals surface area contributed by atoms with Crippen molar-refractivity contribution in [2.45, 2.75) is 122 Å². The summed E-state index contributed by atoms with van der Waals surface area (Å²) < 4.78 is 0. The van der Waals surface area contributed by atoms with Gasteiger partial charge in [0.05, 0.1) is 12.6 Å². The van der Waals surface area contributed by atoms with Gasteiger partial charge in [-0.2, -0.15) is 0 Å². The minimum Gasteiger partial charge on any atom is -0.393 e. The van der Waals surface area contributed by atoms with Crippen molar-refractivity contribution in [2.75, 3.05) is 13.1 Å². The van der Waals surface area contributed by atoms with Crippen molar-refractivity contribution in [3.63, 3.8) is 0 Å². The molecular formula is C24H46N2O. The second-order valence-corrected chi connectivity index (χ2v) is 8.17. The molecule has 1 aliphatic heterocycles. The van der Waals surface area contributed by atoms with E-state index in [2.05, 4.69) is 29.4 Å². The van der Waals surface area contributed by atoms with Crippen molar-refractivity contribution in [2.24, 2.45) is 4.99 Å². The van der Waals surface area contributed by atoms with E-state index in [1.807, 2.05) is 0 Å². The Kier molecular flexibility index (Phi) is 16.6. The average Bonchev–Trinajstić information content (AvgIpc) is 3.20. The van der Waals surface area contributed by atoms with Crippen LogP contribution in [0.2, 0.25) is 0 Å². The van der Waals surface area contributed by atoms with Gasteiger partial charge in [-0.15, -0.1) is 0 Å². The topological polar surface area (TPSA) is 44.6 Å². The first kappa shape index (κ1) is 24.2. The smallest absolute Gasteiger partial charge is 0.100 e. The largest absolute Gasteiger partial charge is 0.393 e. The van der Waals surface area contributed by atoms with Crippen molar-refractivity contribution < 1.29 is 5.11 Å². The first-order valence-electron chi connectivity index (χ1n) is 11.9. The lowest BCUT2D eigenvalue weighted by Crippen LogP contribution is -2.17. The highest BCUT2D eigenvalue weighted by molar-refractivity contribution is 5.84. The minimum atomic E-state index is -0.0592. The van der Waals surface area contributed by atoms with E-state index in [1.54, 1.807) is 0 Å². The summed E-state index contributed by atoms with van der Waals surface area (Å²) in [6, 6.07) is 0. The summed E-state index contributed by atoms with van der Waals surface area (Å²) in [5.41, 5.74) is 0. The van der Waals surface area contributed by atoms with Gasteiger partial charge in [0.15, 0.2) is 0 Å². The third-order valence-corrected chi connectivity index (χ3v) is 5.60. The van der Waals surface area contributed by atoms with Crippen molar-refractivity contribution >= 4 is 5.84 Å². The van der Waals surface area contributed by atoms with Crippen LogP contribution in [0.5, 0.6) is 0 Å². The lowest BCUT2D eigenvalue weighted by atomic mass is 10.0. The Labute approximate surface area is 169 Å². The number of aliphatic hydroxyl groups excluding tert-OH is 1. The molecule has 3 heteroatoms. The molecule has 0 fully saturated rings. The van der Waals surface area contributed by atoms with Crippen molar-refractivity contribution in [3.05, 3.63) is 12.2 Å². The van der Waals surface area contributed by atoms with Gasteiger partial charge in [-0.1, -0.05) is 96.1 Å². The molecule has 0 bridgehead atoms. The summed E-state index contributed by atoms with van der Waals surface area (Å²) in [6.45, 7) is 4.04. The molecule has 1 atom stereocenters. The fraction of sp³-hybridized carbons (Fsp3) is 0.875. The van der Waals surface area contributed by atoms with Crippen LogP contribution in [0, 0.1) is 0 Å². The van der Waals surface area contributed by atoms with Gasteiger partial charge in [-0.05, 0) is 25.7 Å². The maximum atomic E-state index is 9.51. The number of nitrogens with zero attached hydrogens (tertiary/aromatic N) is 1. The van der Waals surface area contributed by atoms with Gasteiger partial charge in [0.25, 0.3) is 0 Å². The van der Waals surface area contributed by atoms with Crippen LogP contribution >= 0.6 is 0 Å². The molecule has 0 amide bonds. The van der Waals surface area contributed by atoms with E-state index in [9.17, 15) is 5.11 Å². The van der Waals surface area contributed by atoms with Crippen molar-refractivity contribution in [1.29, 1.82) is 0 Å². The number of unbranched alkanes of at least 4 members (excludes halogenated alkanes) is 13. The van der Waals surface area contributed by atoms with E-state index in [1.165, 1.54) is 89.9 Å². The standard InChI is InChI=1S/C24H46N2O/c1-2-23(27)19-17-15-13-11-9-7-5-3-4-6-8-10-12-14-16-18-20-24-25-21-22-26-24/h16,18,23,27H,2-15,17,19-22H2,1H3,(H,25,26). The Morgan fingerprint density at radius 3 is 1.93 bits per heavy atom. The first-order valence-corrected chi connectivity index (χ1v) is 11.9. The second kappa shape index (κ2) is 18.5. The van der Waals surface area contributed by atoms with Gasteiger partial charge in [-0.3, -0.25) is 4.99 Å². The third kappa shape index (κ3) is 15.9. The second-order valence-electron chi connectivity index (χ2n) is 8.17. The monoisotopic (exact) mass is 378 g/mol. The average molecular weight is 379 g/mol. The molecule has 0 aliphatic carbocycles. The highest BCUT2D eigenvalue weighted by atomic mass is 16.3. The molecule has 0 saturated carbocycles. The van der Waals surface area contributed by atoms with Crippen LogP contribution in [0.15, 0.2) is 17.1 Å². The van der Waals surface area contributed by atoms with E-state index in [0.29, 0.717) is 0 Å². The highest BCUT2D eigenvalue weighted by Crippen LogP contribution is 2.14. The molecule has 0 radical (unpaired) electrons. The molecule has 1 unspecified atom stereocenters. The van der Waals surface area contributed by atoms with Crippen LogP contribution in [-0.4, -0.2) is 30.1 Å². The minimum absolute atomic E-state index is 0.0592. The summed E-state index contributed by atoms with van der Waals surface area (Å²) in [7, 11) is 0. The zero-order chi connectivity index (χ0) is 19.4. The molecule has 0 aromatic heterocycles. The molecule has 1 aliphatic rings. The maximum Gasteiger partial charge on any atom is 0.100 e. The van der Waals surface area contributed by atoms with Gasteiger partial charge in [0.2, 0.25) is 0 Å². The molecule has 27 heavy (non-hydrogen) atoms. The SMILES string of the molecule is CCC(O)CCCCCCCCCCCCCCCC=CCC1=NCCN1. The Morgan fingerprint density at radius 1 is 0.852 bits per heavy atom. The van der Waals surface area contributed by atoms with Gasteiger partial charge < -0.3 is 10.4 Å². The van der Waals surface area contributed by atoms with Crippen LogP contribution in [0.4, 0.5) is 0 Å². The zero-order valence-electron chi connectivity index (χ0n) is 18.1. The van der Waals surface area contributed by atoms with E-state index >= 15 is 0 Å². The predicted molar refractivity (Wildman–Crippen MR) is 120 cm³/mol. The number of aliphatic hydroxyl groups is 1. The Balaban J connectivity index is 1.69. The number of aliphatic imine (C=N–C) groups is 1. The van der Waals surface area contributed by atoms with Crippen LogP contribution in [0.1, 0.15) is 116 Å². The third-order valence-electron chi connectivity index (χ3n) is 5.60. The lowest BCUT2D eigenvalue weighted by molar-refractivity contribution is 0.156. The van der Waals surface area contributed by atoms with E-state index in [4.69, 9.17) is 0 Å². The fourth-order valence-corrected chi connectivity index (χ4v) is 3.69. The normalized spacial score (nSPS) is 15.3. The molecule has 158 valence electrons. The molecule has 0 spiro atoms. The molecule has 0 aromatic rings. The quantitative estimate of drug-likeness (QED) is 0.197. The highest BCUT2D eigenvalue weighted by Gasteiger charge is 2.01. The predicted octanol–water partition coefficient (Wildman–Crippen LogP) is 6.56. The summed E-state index contributed by atoms with van der Waals surface area (Å²) >= 11 is 0. The number of hydrogen-bond acceptors (Lipinski definition) is 3. The van der Waals surface area contributed by atoms with Crippen molar-refractivity contribution in [1.82, 2.24) is 5.32 Å². The summed E-state index contributed by atoms with van der Waals surface area (Å²) in [5.74, 6) is 1.16. The summed E-state index contributed by atoms with van der Waals surface area (Å²) in [4.78, 5) is 4.40. The van der Waals surface area contributed by atoms with Gasteiger partial charge in [0, 0.05) is 13.0 Å². The fourth-order valence-electron chi connectivity index (χ4n) is 3.69. The number of amidine groups is 1. The Bertz CT molecular complexity index is 379. The van der Waals surface area contributed by atoms with Crippen molar-refractivity contribution in [3.8, 4) is 0 Å². The van der Waals surface area contributed by atoms with Crippen LogP contribution in [-0.2, 0) is 0 Å². The number of hydrogen-bond donors (Lipinski definition) is 2. The zero-order valence-corrected chi connectivity index (χ0v) is 18.1. The van der Waals surface area contributed by atoms with Crippen LogP contribution in [0.3, 0.4) is 0 Å².